The molecule has 0 N–H and O–H groups in total. The van der Waals surface area contributed by atoms with Gasteiger partial charge in [-0.25, -0.2) is 9.97 Å². The Bertz CT molecular complexity index is 1120. The monoisotopic (exact) mass is 390 g/mol. The van der Waals surface area contributed by atoms with Crippen LogP contribution in [0.4, 0.5) is 0 Å². The number of benzene rings is 2. The van der Waals surface area contributed by atoms with Gasteiger partial charge < -0.3 is 9.47 Å². The minimum atomic E-state index is 0.0177. The van der Waals surface area contributed by atoms with Crippen molar-refractivity contribution in [3.8, 4) is 22.1 Å². The molecule has 0 amide bonds. The highest BCUT2D eigenvalue weighted by molar-refractivity contribution is 7.21. The van der Waals surface area contributed by atoms with Crippen LogP contribution >= 0.6 is 11.3 Å². The number of carbonyl (C=O) groups excluding carboxylic acids is 1. The fourth-order valence-corrected chi connectivity index (χ4v) is 3.93. The molecule has 0 spiro atoms. The third-order valence-electron chi connectivity index (χ3n) is 4.41. The minimum absolute atomic E-state index is 0.0177. The molecule has 0 saturated heterocycles. The number of ether oxygens (including phenoxy) is 2. The van der Waals surface area contributed by atoms with E-state index < -0.39 is 0 Å². The standard InChI is InChI=1S/C22H18N2O3S/c1-26-18-9-8-15(13-19(18)27-2)17(25)12-14-5-3-6-16(11-14)22-24-21-20(28-22)7-4-10-23-21/h3-11,13H,12H2,1-2H3. The van der Waals surface area contributed by atoms with Crippen LogP contribution in [-0.4, -0.2) is 30.0 Å². The van der Waals surface area contributed by atoms with Crippen LogP contribution in [0.5, 0.6) is 11.5 Å². The number of Topliss-reactive ketones (excluding diaryl/α,β-unsaturated/α-hetero) is 1. The maximum Gasteiger partial charge on any atom is 0.170 e. The van der Waals surface area contributed by atoms with E-state index in [9.17, 15) is 4.79 Å². The Morgan fingerprint density at radius 2 is 1.86 bits per heavy atom. The summed E-state index contributed by atoms with van der Waals surface area (Å²) in [4.78, 5) is 21.6. The summed E-state index contributed by atoms with van der Waals surface area (Å²) in [5, 5.41) is 0.897. The number of carbonyl (C=O) groups is 1. The van der Waals surface area contributed by atoms with Crippen LogP contribution in [0, 0.1) is 0 Å². The van der Waals surface area contributed by atoms with Crippen LogP contribution in [0.25, 0.3) is 20.9 Å². The topological polar surface area (TPSA) is 61.3 Å². The molecule has 5 nitrogen and oxygen atoms in total. The van der Waals surface area contributed by atoms with E-state index in [0.717, 1.165) is 26.5 Å². The highest BCUT2D eigenvalue weighted by atomic mass is 32.1. The van der Waals surface area contributed by atoms with Crippen molar-refractivity contribution in [1.82, 2.24) is 9.97 Å². The molecular formula is C22H18N2O3S. The van der Waals surface area contributed by atoms with E-state index in [1.54, 1.807) is 50.0 Å². The van der Waals surface area contributed by atoms with E-state index >= 15 is 0 Å². The maximum atomic E-state index is 12.8. The van der Waals surface area contributed by atoms with Gasteiger partial charge in [0.15, 0.2) is 22.9 Å². The van der Waals surface area contributed by atoms with Crippen LogP contribution in [0.3, 0.4) is 0 Å². The number of pyridine rings is 1. The average Bonchev–Trinajstić information content (AvgIpc) is 3.17. The number of aromatic nitrogens is 2. The highest BCUT2D eigenvalue weighted by Gasteiger charge is 2.13. The van der Waals surface area contributed by atoms with Gasteiger partial charge in [0.2, 0.25) is 0 Å². The number of hydrogen-bond donors (Lipinski definition) is 0. The quantitative estimate of drug-likeness (QED) is 0.443. The summed E-state index contributed by atoms with van der Waals surface area (Å²) in [6.45, 7) is 0. The molecule has 0 bridgehead atoms. The second-order valence-electron chi connectivity index (χ2n) is 6.21. The predicted octanol–water partition coefficient (Wildman–Crippen LogP) is 4.80. The van der Waals surface area contributed by atoms with Gasteiger partial charge in [0.05, 0.1) is 18.9 Å². The molecule has 140 valence electrons. The lowest BCUT2D eigenvalue weighted by Gasteiger charge is -2.09. The lowest BCUT2D eigenvalue weighted by molar-refractivity contribution is 0.0992. The molecule has 0 atom stereocenters. The Labute approximate surface area is 166 Å². The van der Waals surface area contributed by atoms with Gasteiger partial charge in [-0.1, -0.05) is 18.2 Å². The molecule has 0 radical (unpaired) electrons. The van der Waals surface area contributed by atoms with Crippen molar-refractivity contribution in [3.63, 3.8) is 0 Å². The predicted molar refractivity (Wildman–Crippen MR) is 110 cm³/mol. The van der Waals surface area contributed by atoms with E-state index in [1.165, 1.54) is 0 Å². The second-order valence-corrected chi connectivity index (χ2v) is 7.24. The number of fused-ring (bicyclic) bond motifs is 1. The van der Waals surface area contributed by atoms with Gasteiger partial charge in [0.25, 0.3) is 0 Å². The number of nitrogens with zero attached hydrogens (tertiary/aromatic N) is 2. The molecule has 2 aromatic heterocycles. The Morgan fingerprint density at radius 3 is 2.64 bits per heavy atom. The third-order valence-corrected chi connectivity index (χ3v) is 5.47. The van der Waals surface area contributed by atoms with E-state index in [4.69, 9.17) is 9.47 Å². The van der Waals surface area contributed by atoms with Crippen molar-refractivity contribution in [2.45, 2.75) is 6.42 Å². The van der Waals surface area contributed by atoms with Gasteiger partial charge in [-0.05, 0) is 42.0 Å². The largest absolute Gasteiger partial charge is 0.493 e. The van der Waals surface area contributed by atoms with Crippen molar-refractivity contribution >= 4 is 27.5 Å². The summed E-state index contributed by atoms with van der Waals surface area (Å²) in [6.07, 6.45) is 2.04. The molecule has 0 fully saturated rings. The molecule has 2 aromatic carbocycles. The number of rotatable bonds is 6. The van der Waals surface area contributed by atoms with Crippen LogP contribution < -0.4 is 9.47 Å². The summed E-state index contributed by atoms with van der Waals surface area (Å²) >= 11 is 1.59. The first-order valence-electron chi connectivity index (χ1n) is 8.74. The lowest BCUT2D eigenvalue weighted by atomic mass is 10.0. The molecule has 0 aliphatic carbocycles. The zero-order valence-corrected chi connectivity index (χ0v) is 16.3. The normalized spacial score (nSPS) is 10.8. The van der Waals surface area contributed by atoms with Crippen molar-refractivity contribution in [2.75, 3.05) is 14.2 Å². The molecule has 28 heavy (non-hydrogen) atoms. The van der Waals surface area contributed by atoms with E-state index in [1.807, 2.05) is 36.4 Å². The highest BCUT2D eigenvalue weighted by Crippen LogP contribution is 2.30. The summed E-state index contributed by atoms with van der Waals surface area (Å²) in [5.74, 6) is 1.17. The number of methoxy groups -OCH3 is 2. The first-order chi connectivity index (χ1) is 13.7. The third kappa shape index (κ3) is 3.59. The zero-order valence-electron chi connectivity index (χ0n) is 15.5. The van der Waals surface area contributed by atoms with Crippen molar-refractivity contribution in [2.24, 2.45) is 0 Å². The molecule has 4 aromatic rings. The Balaban J connectivity index is 1.59. The molecule has 6 heteroatoms. The first-order valence-corrected chi connectivity index (χ1v) is 9.55. The first kappa shape index (κ1) is 18.1. The van der Waals surface area contributed by atoms with Gasteiger partial charge in [0, 0.05) is 23.7 Å². The van der Waals surface area contributed by atoms with Crippen LogP contribution in [-0.2, 0) is 6.42 Å². The zero-order chi connectivity index (χ0) is 19.5. The summed E-state index contributed by atoms with van der Waals surface area (Å²) in [5.41, 5.74) is 3.26. The van der Waals surface area contributed by atoms with E-state index in [2.05, 4.69) is 9.97 Å². The minimum Gasteiger partial charge on any atom is -0.493 e. The fourth-order valence-electron chi connectivity index (χ4n) is 3.00. The van der Waals surface area contributed by atoms with Gasteiger partial charge in [-0.3, -0.25) is 4.79 Å². The molecule has 2 heterocycles. The maximum absolute atomic E-state index is 12.8. The Morgan fingerprint density at radius 1 is 1.00 bits per heavy atom. The number of thiazole rings is 1. The van der Waals surface area contributed by atoms with E-state index in [-0.39, 0.29) is 5.78 Å². The van der Waals surface area contributed by atoms with Gasteiger partial charge in [0.1, 0.15) is 5.01 Å². The second kappa shape index (κ2) is 7.78. The van der Waals surface area contributed by atoms with Crippen molar-refractivity contribution in [3.05, 3.63) is 71.9 Å². The molecule has 0 aliphatic rings. The Hall–Kier alpha value is -3.25. The Kier molecular flexibility index (Phi) is 5.04. The summed E-state index contributed by atoms with van der Waals surface area (Å²) < 4.78 is 11.6. The summed E-state index contributed by atoms with van der Waals surface area (Å²) in [6, 6.07) is 17.0. The number of ketones is 1. The van der Waals surface area contributed by atoms with Crippen molar-refractivity contribution in [1.29, 1.82) is 0 Å². The van der Waals surface area contributed by atoms with Gasteiger partial charge in [-0.2, -0.15) is 0 Å². The average molecular weight is 390 g/mol. The fraction of sp³-hybridized carbons (Fsp3) is 0.136. The molecule has 0 saturated carbocycles. The van der Waals surface area contributed by atoms with Crippen LogP contribution in [0.2, 0.25) is 0 Å². The van der Waals surface area contributed by atoms with Gasteiger partial charge in [-0.15, -0.1) is 11.3 Å². The van der Waals surface area contributed by atoms with Crippen molar-refractivity contribution < 1.29 is 14.3 Å². The molecular weight excluding hydrogens is 372 g/mol. The molecule has 0 aliphatic heterocycles. The van der Waals surface area contributed by atoms with Gasteiger partial charge >= 0.3 is 0 Å². The van der Waals surface area contributed by atoms with Crippen LogP contribution in [0.15, 0.2) is 60.8 Å². The summed E-state index contributed by atoms with van der Waals surface area (Å²) in [7, 11) is 3.13. The smallest absolute Gasteiger partial charge is 0.170 e. The van der Waals surface area contributed by atoms with Crippen LogP contribution in [0.1, 0.15) is 15.9 Å². The number of hydrogen-bond acceptors (Lipinski definition) is 6. The molecule has 4 rings (SSSR count). The lowest BCUT2D eigenvalue weighted by Crippen LogP contribution is -2.04. The SMILES string of the molecule is COc1ccc(C(=O)Cc2cccc(-c3nc4ncccc4s3)c2)cc1OC. The van der Waals surface area contributed by atoms with E-state index in [0.29, 0.717) is 23.5 Å². The molecule has 0 unspecified atom stereocenters.